The highest BCUT2D eigenvalue weighted by molar-refractivity contribution is 5.57. The van der Waals surface area contributed by atoms with Crippen molar-refractivity contribution in [1.82, 2.24) is 9.72 Å². The minimum atomic E-state index is -0.365. The van der Waals surface area contributed by atoms with E-state index in [-0.39, 0.29) is 5.63 Å². The van der Waals surface area contributed by atoms with Crippen molar-refractivity contribution in [3.8, 4) is 17.0 Å². The van der Waals surface area contributed by atoms with Crippen LogP contribution >= 0.6 is 0 Å². The summed E-state index contributed by atoms with van der Waals surface area (Å²) >= 11 is 0. The van der Waals surface area contributed by atoms with Crippen molar-refractivity contribution >= 4 is 0 Å². The fourth-order valence-corrected chi connectivity index (χ4v) is 2.13. The molecule has 0 aliphatic carbocycles. The second kappa shape index (κ2) is 5.66. The van der Waals surface area contributed by atoms with Gasteiger partial charge in [-0.3, -0.25) is 4.98 Å². The predicted molar refractivity (Wildman–Crippen MR) is 78.3 cm³/mol. The van der Waals surface area contributed by atoms with Crippen LogP contribution in [0.3, 0.4) is 0 Å². The Morgan fingerprint density at radius 3 is 2.52 bits per heavy atom. The van der Waals surface area contributed by atoms with Crippen LogP contribution in [0, 0.1) is 0 Å². The molecule has 5 nitrogen and oxygen atoms in total. The van der Waals surface area contributed by atoms with Crippen LogP contribution in [-0.2, 0) is 6.54 Å². The number of pyridine rings is 1. The van der Waals surface area contributed by atoms with Crippen LogP contribution in [0.25, 0.3) is 11.3 Å². The van der Waals surface area contributed by atoms with Crippen LogP contribution in [0.2, 0.25) is 0 Å². The van der Waals surface area contributed by atoms with E-state index in [2.05, 4.69) is 4.98 Å². The van der Waals surface area contributed by atoms with Gasteiger partial charge < -0.3 is 9.26 Å². The molecule has 0 N–H and O–H groups in total. The molecule has 5 heteroatoms. The topological polar surface area (TPSA) is 57.3 Å². The van der Waals surface area contributed by atoms with E-state index in [0.29, 0.717) is 6.54 Å². The summed E-state index contributed by atoms with van der Waals surface area (Å²) in [5, 5.41) is 0. The summed E-state index contributed by atoms with van der Waals surface area (Å²) in [6, 6.07) is 12.8. The first-order valence-corrected chi connectivity index (χ1v) is 6.51. The maximum Gasteiger partial charge on any atom is 0.358 e. The second-order valence-corrected chi connectivity index (χ2v) is 4.56. The summed E-state index contributed by atoms with van der Waals surface area (Å²) in [6.07, 6.45) is 3.37. The molecular formula is C16H14N2O3. The lowest BCUT2D eigenvalue weighted by atomic mass is 10.2. The summed E-state index contributed by atoms with van der Waals surface area (Å²) < 4.78 is 12.0. The average molecular weight is 282 g/mol. The van der Waals surface area contributed by atoms with E-state index in [9.17, 15) is 4.79 Å². The van der Waals surface area contributed by atoms with Crippen molar-refractivity contribution in [3.05, 3.63) is 70.8 Å². The standard InChI is InChI=1S/C16H14N2O3/c1-20-14-4-2-12(3-5-14)11-18-15(10-16(19)21-18)13-6-8-17-9-7-13/h2-10H,11H2,1H3. The Labute approximate surface area is 121 Å². The molecule has 2 aromatic heterocycles. The fraction of sp³-hybridized carbons (Fsp3) is 0.125. The van der Waals surface area contributed by atoms with E-state index in [1.807, 2.05) is 36.4 Å². The number of aromatic nitrogens is 2. The van der Waals surface area contributed by atoms with E-state index < -0.39 is 0 Å². The Morgan fingerprint density at radius 1 is 1.14 bits per heavy atom. The van der Waals surface area contributed by atoms with Gasteiger partial charge in [-0.25, -0.2) is 9.53 Å². The molecular weight excluding hydrogens is 268 g/mol. The van der Waals surface area contributed by atoms with E-state index in [0.717, 1.165) is 22.6 Å². The van der Waals surface area contributed by atoms with Crippen molar-refractivity contribution in [2.45, 2.75) is 6.54 Å². The normalized spacial score (nSPS) is 10.5. The highest BCUT2D eigenvalue weighted by Gasteiger charge is 2.09. The number of ether oxygens (including phenoxy) is 1. The lowest BCUT2D eigenvalue weighted by Gasteiger charge is -2.07. The third-order valence-electron chi connectivity index (χ3n) is 3.18. The van der Waals surface area contributed by atoms with Gasteiger partial charge in [0.15, 0.2) is 0 Å². The molecule has 0 atom stereocenters. The van der Waals surface area contributed by atoms with Gasteiger partial charge in [0.25, 0.3) is 0 Å². The molecule has 0 saturated heterocycles. The molecule has 3 rings (SSSR count). The van der Waals surface area contributed by atoms with E-state index in [1.54, 1.807) is 24.2 Å². The van der Waals surface area contributed by atoms with E-state index >= 15 is 0 Å². The summed E-state index contributed by atoms with van der Waals surface area (Å²) in [7, 11) is 1.63. The van der Waals surface area contributed by atoms with Gasteiger partial charge in [-0.1, -0.05) is 12.1 Å². The zero-order valence-corrected chi connectivity index (χ0v) is 11.5. The van der Waals surface area contributed by atoms with E-state index in [1.165, 1.54) is 6.07 Å². The van der Waals surface area contributed by atoms with Crippen molar-refractivity contribution in [2.24, 2.45) is 0 Å². The van der Waals surface area contributed by atoms with Crippen LogP contribution in [0.5, 0.6) is 5.75 Å². The zero-order chi connectivity index (χ0) is 14.7. The summed E-state index contributed by atoms with van der Waals surface area (Å²) in [5.74, 6) is 0.794. The van der Waals surface area contributed by atoms with Crippen LogP contribution in [0.4, 0.5) is 0 Å². The van der Waals surface area contributed by atoms with Crippen molar-refractivity contribution in [3.63, 3.8) is 0 Å². The Morgan fingerprint density at radius 2 is 1.86 bits per heavy atom. The lowest BCUT2D eigenvalue weighted by Crippen LogP contribution is -2.01. The molecule has 106 valence electrons. The highest BCUT2D eigenvalue weighted by atomic mass is 16.5. The third kappa shape index (κ3) is 2.86. The first-order chi connectivity index (χ1) is 10.3. The molecule has 0 saturated carbocycles. The van der Waals surface area contributed by atoms with Crippen LogP contribution in [0.1, 0.15) is 5.56 Å². The summed E-state index contributed by atoms with van der Waals surface area (Å²) in [4.78, 5) is 15.5. The quantitative estimate of drug-likeness (QED) is 0.738. The molecule has 0 bridgehead atoms. The summed E-state index contributed by atoms with van der Waals surface area (Å²) in [5.41, 5.74) is 2.28. The maximum absolute atomic E-state index is 11.6. The minimum Gasteiger partial charge on any atom is -0.497 e. The van der Waals surface area contributed by atoms with Gasteiger partial charge in [0.1, 0.15) is 5.75 Å². The molecule has 0 aliphatic heterocycles. The first kappa shape index (κ1) is 13.2. The van der Waals surface area contributed by atoms with Crippen molar-refractivity contribution in [2.75, 3.05) is 7.11 Å². The Hall–Kier alpha value is -2.82. The number of nitrogens with zero attached hydrogens (tertiary/aromatic N) is 2. The van der Waals surface area contributed by atoms with Crippen molar-refractivity contribution < 1.29 is 9.26 Å². The highest BCUT2D eigenvalue weighted by Crippen LogP contribution is 2.19. The van der Waals surface area contributed by atoms with Crippen molar-refractivity contribution in [1.29, 1.82) is 0 Å². The SMILES string of the molecule is COc1ccc(Cn2oc(=O)cc2-c2ccncc2)cc1. The first-order valence-electron chi connectivity index (χ1n) is 6.51. The molecule has 1 aromatic carbocycles. The molecule has 3 aromatic rings. The minimum absolute atomic E-state index is 0.365. The second-order valence-electron chi connectivity index (χ2n) is 4.56. The molecule has 0 amide bonds. The van der Waals surface area contributed by atoms with Gasteiger partial charge in [0.05, 0.1) is 25.4 Å². The molecule has 21 heavy (non-hydrogen) atoms. The fourth-order valence-electron chi connectivity index (χ4n) is 2.13. The van der Waals surface area contributed by atoms with Gasteiger partial charge in [-0.2, -0.15) is 0 Å². The average Bonchev–Trinajstić information content (AvgIpc) is 2.89. The number of rotatable bonds is 4. The van der Waals surface area contributed by atoms with Crippen LogP contribution in [0.15, 0.2) is 64.2 Å². The van der Waals surface area contributed by atoms with Gasteiger partial charge in [-0.05, 0) is 29.8 Å². The van der Waals surface area contributed by atoms with Gasteiger partial charge in [0.2, 0.25) is 0 Å². The molecule has 0 unspecified atom stereocenters. The van der Waals surface area contributed by atoms with Gasteiger partial charge in [-0.15, -0.1) is 0 Å². The summed E-state index contributed by atoms with van der Waals surface area (Å²) in [6.45, 7) is 0.476. The smallest absolute Gasteiger partial charge is 0.358 e. The Balaban J connectivity index is 1.93. The number of benzene rings is 1. The van der Waals surface area contributed by atoms with E-state index in [4.69, 9.17) is 9.26 Å². The largest absolute Gasteiger partial charge is 0.497 e. The predicted octanol–water partition coefficient (Wildman–Crippen LogP) is 2.56. The Kier molecular flexibility index (Phi) is 3.55. The molecule has 0 radical (unpaired) electrons. The third-order valence-corrected chi connectivity index (χ3v) is 3.18. The van der Waals surface area contributed by atoms with Crippen LogP contribution < -0.4 is 10.4 Å². The monoisotopic (exact) mass is 282 g/mol. The zero-order valence-electron chi connectivity index (χ0n) is 11.5. The number of hydrogen-bond donors (Lipinski definition) is 0. The molecule has 0 fully saturated rings. The lowest BCUT2D eigenvalue weighted by molar-refractivity contribution is 0.270. The van der Waals surface area contributed by atoms with Gasteiger partial charge in [0, 0.05) is 18.0 Å². The van der Waals surface area contributed by atoms with Crippen LogP contribution in [-0.4, -0.2) is 16.8 Å². The molecule has 0 spiro atoms. The molecule has 2 heterocycles. The number of methoxy groups -OCH3 is 1. The maximum atomic E-state index is 11.6. The number of hydrogen-bond acceptors (Lipinski definition) is 4. The molecule has 0 aliphatic rings. The Bertz CT molecular complexity index is 773. The van der Waals surface area contributed by atoms with Gasteiger partial charge >= 0.3 is 5.63 Å².